The maximum atomic E-state index is 2.74. The van der Waals surface area contributed by atoms with Crippen LogP contribution in [0.5, 0.6) is 0 Å². The van der Waals surface area contributed by atoms with Gasteiger partial charge in [-0.25, -0.2) is 0 Å². The molecule has 0 saturated carbocycles. The molecule has 26 rings (SSSR count). The summed E-state index contributed by atoms with van der Waals surface area (Å²) in [5.41, 5.74) is 31.6. The smallest absolute Gasteiger partial charge is 0.333 e. The molecule has 4 aliphatic heterocycles. The fraction of sp³-hybridized carbons (Fsp3) is 0. The van der Waals surface area contributed by atoms with E-state index >= 15 is 0 Å². The minimum Gasteiger partial charge on any atom is -0.375 e. The van der Waals surface area contributed by atoms with Crippen LogP contribution in [-0.2, 0) is 0 Å². The van der Waals surface area contributed by atoms with Crippen LogP contribution < -0.4 is 31.7 Å². The van der Waals surface area contributed by atoms with Crippen molar-refractivity contribution in [2.75, 3.05) is 9.80 Å². The molecule has 8 heterocycles. The second-order valence-corrected chi connectivity index (χ2v) is 30.2. The summed E-state index contributed by atoms with van der Waals surface area (Å²) in [6.45, 7) is -0.326. The van der Waals surface area contributed by atoms with Crippen LogP contribution in [0.25, 0.3) is 175 Å². The van der Waals surface area contributed by atoms with Gasteiger partial charge in [-0.2, -0.15) is 0 Å². The molecule has 4 aliphatic rings. The largest absolute Gasteiger partial charge is 0.375 e. The first-order chi connectivity index (χ1) is 53.6. The van der Waals surface area contributed by atoms with Crippen LogP contribution in [0, 0.1) is 0 Å². The molecule has 108 heavy (non-hydrogen) atoms. The Morgan fingerprint density at radius 3 is 1.35 bits per heavy atom. The molecule has 6 nitrogen and oxygen atoms in total. The summed E-state index contributed by atoms with van der Waals surface area (Å²) in [6, 6.07) is 134. The van der Waals surface area contributed by atoms with Gasteiger partial charge in [0.05, 0.1) is 22.1 Å². The average molecular weight is 1370 g/mol. The van der Waals surface area contributed by atoms with Gasteiger partial charge in [0.2, 0.25) is 0 Å². The monoisotopic (exact) mass is 1360 g/mol. The van der Waals surface area contributed by atoms with E-state index in [4.69, 9.17) is 0 Å². The quantitative estimate of drug-likeness (QED) is 0.161. The highest BCUT2D eigenvalue weighted by Crippen LogP contribution is 2.55. The van der Waals surface area contributed by atoms with Gasteiger partial charge >= 0.3 is 13.7 Å². The molecule has 0 amide bonds. The molecule has 0 bridgehead atoms. The maximum Gasteiger partial charge on any atom is 0.333 e. The van der Waals surface area contributed by atoms with Gasteiger partial charge in [0.25, 0.3) is 0 Å². The Labute approximate surface area is 620 Å². The Balaban J connectivity index is 0.752. The van der Waals surface area contributed by atoms with Gasteiger partial charge in [0, 0.05) is 122 Å². The number of para-hydroxylation sites is 7. The summed E-state index contributed by atoms with van der Waals surface area (Å²) in [7, 11) is 0. The Morgan fingerprint density at radius 1 is 0.213 bits per heavy atom. The first kappa shape index (κ1) is 57.3. The minimum absolute atomic E-state index is 0.141. The normalized spacial score (nSPS) is 13.3. The number of benzene rings is 18. The fourth-order valence-electron chi connectivity index (χ4n) is 20.7. The van der Waals surface area contributed by atoms with E-state index in [1.807, 2.05) is 0 Å². The van der Waals surface area contributed by atoms with Crippen LogP contribution in [0.4, 0.5) is 34.1 Å². The Bertz CT molecular complexity index is 7850. The molecule has 8 heteroatoms. The van der Waals surface area contributed by atoms with E-state index < -0.39 is 0 Å². The van der Waals surface area contributed by atoms with Gasteiger partial charge in [0.1, 0.15) is 0 Å². The van der Waals surface area contributed by atoms with Crippen molar-refractivity contribution < 1.29 is 0 Å². The fourth-order valence-corrected chi connectivity index (χ4v) is 20.7. The summed E-state index contributed by atoms with van der Waals surface area (Å²) < 4.78 is 10.5. The number of aromatic nitrogens is 4. The third-order valence-corrected chi connectivity index (χ3v) is 24.9. The first-order valence-electron chi connectivity index (χ1n) is 37.7. The summed E-state index contributed by atoms with van der Waals surface area (Å²) in [5, 5.41) is 19.8. The number of hydrogen-bond donors (Lipinski definition) is 0. The molecule has 0 N–H and O–H groups in total. The summed E-state index contributed by atoms with van der Waals surface area (Å²) in [5.74, 6) is 0. The molecule has 0 radical (unpaired) electrons. The van der Waals surface area contributed by atoms with Crippen molar-refractivity contribution >= 4 is 200 Å². The van der Waals surface area contributed by atoms with Gasteiger partial charge < -0.3 is 27.9 Å². The molecule has 494 valence electrons. The van der Waals surface area contributed by atoms with Crippen molar-refractivity contribution in [2.24, 2.45) is 0 Å². The second kappa shape index (κ2) is 20.9. The van der Waals surface area contributed by atoms with Gasteiger partial charge in [-0.05, 0) is 202 Å². The predicted molar refractivity (Wildman–Crippen MR) is 458 cm³/mol. The van der Waals surface area contributed by atoms with E-state index in [0.717, 1.165) is 28.3 Å². The number of anilines is 6. The molecule has 0 atom stereocenters. The highest BCUT2D eigenvalue weighted by Gasteiger charge is 2.47. The van der Waals surface area contributed by atoms with E-state index in [0.29, 0.717) is 0 Å². The Kier molecular flexibility index (Phi) is 11.1. The van der Waals surface area contributed by atoms with Crippen molar-refractivity contribution in [1.82, 2.24) is 18.1 Å². The van der Waals surface area contributed by atoms with Gasteiger partial charge in [-0.1, -0.05) is 237 Å². The van der Waals surface area contributed by atoms with Crippen LogP contribution >= 0.6 is 0 Å². The lowest BCUT2D eigenvalue weighted by atomic mass is 9.44. The Hall–Kier alpha value is -14.1. The third-order valence-electron chi connectivity index (χ3n) is 24.9. The van der Waals surface area contributed by atoms with Crippen molar-refractivity contribution in [3.63, 3.8) is 0 Å². The zero-order valence-electron chi connectivity index (χ0n) is 58.3. The van der Waals surface area contributed by atoms with Crippen molar-refractivity contribution in [1.29, 1.82) is 0 Å². The number of rotatable bonds is 5. The topological polar surface area (TPSA) is 26.2 Å². The summed E-state index contributed by atoms with van der Waals surface area (Å²) in [6.07, 6.45) is 0. The first-order valence-corrected chi connectivity index (χ1v) is 37.7. The molecule has 4 aromatic heterocycles. The van der Waals surface area contributed by atoms with Crippen LogP contribution in [0.3, 0.4) is 0 Å². The zero-order valence-corrected chi connectivity index (χ0v) is 58.3. The van der Waals surface area contributed by atoms with E-state index in [1.165, 1.54) is 203 Å². The lowest BCUT2D eigenvalue weighted by Crippen LogP contribution is -2.57. The highest BCUT2D eigenvalue weighted by atomic mass is 15.2. The van der Waals surface area contributed by atoms with Gasteiger partial charge in [-0.15, -0.1) is 0 Å². The molecular formula is C100H58B2N6. The van der Waals surface area contributed by atoms with E-state index in [2.05, 4.69) is 380 Å². The number of nitrogens with zero attached hydrogens (tertiary/aromatic N) is 6. The minimum atomic E-state index is -0.185. The molecule has 0 fully saturated rings. The second-order valence-electron chi connectivity index (χ2n) is 30.2. The number of hydrogen-bond acceptors (Lipinski definition) is 2. The van der Waals surface area contributed by atoms with E-state index in [-0.39, 0.29) is 13.7 Å². The molecule has 0 unspecified atom stereocenters. The standard InChI is InChI=1S/C100H58B2N6/c1-3-27-68(28-4-1)103-82-38-17-15-34-76(82)92-88(103)57-90-97-94(92)78-37-21-36-75-73-32-13-19-40-84(73)107(99(75)78)101(97)81-55-63-25-9-10-26-64(63)56-87(81)106(90)71-48-45-60-42-43-65(50-66(60)52-71)67-53-79-74-33-14-20-41-85(74)108-100(79)80(54-67)95-93-77-35-16-18-39-83(77)104(69-29-5-2-6-30-69)89(93)58-91-98(95)102(108)96-72-31-12-11-23-61(72)46-49-86(96)105(91)70-47-44-59-22-7-8-24-62(59)51-70/h1-58H. The third kappa shape index (κ3) is 7.38. The van der Waals surface area contributed by atoms with Crippen molar-refractivity contribution in [3.8, 4) is 44.8 Å². The average Bonchev–Trinajstić information content (AvgIpc) is 1.38. The predicted octanol–water partition coefficient (Wildman–Crippen LogP) is 23.2. The van der Waals surface area contributed by atoms with Crippen LogP contribution in [0.1, 0.15) is 0 Å². The number of fused-ring (bicyclic) bond motifs is 27. The van der Waals surface area contributed by atoms with E-state index in [1.54, 1.807) is 0 Å². The van der Waals surface area contributed by atoms with Crippen molar-refractivity contribution in [3.05, 3.63) is 352 Å². The van der Waals surface area contributed by atoms with Crippen molar-refractivity contribution in [2.45, 2.75) is 0 Å². The summed E-state index contributed by atoms with van der Waals surface area (Å²) in [4.78, 5) is 5.24. The SMILES string of the molecule is c1ccc(-n2c3ccccc3c3c4c5c(cc32)N(c2ccc3ccc(-c6cc7c8c(c6)c6ccccc6n8B6c8c(cc9c(c8-7)c7ccccc7n9-c7ccccc7)N(c7ccc8ccccc8c7)c7ccc8ccccc8c76)cc3c2)c2cc3ccccc3cc2B5n2c3ccccc3c3cccc-4c32)cc1. The molecule has 18 aromatic carbocycles. The lowest BCUT2D eigenvalue weighted by Gasteiger charge is -2.41. The zero-order chi connectivity index (χ0) is 69.9. The Morgan fingerprint density at radius 2 is 0.685 bits per heavy atom. The molecule has 0 saturated heterocycles. The molecule has 0 spiro atoms. The van der Waals surface area contributed by atoms with Crippen LogP contribution in [0.15, 0.2) is 352 Å². The van der Waals surface area contributed by atoms with Crippen LogP contribution in [-0.4, -0.2) is 31.8 Å². The molecule has 22 aromatic rings. The lowest BCUT2D eigenvalue weighted by molar-refractivity contribution is 1.18. The summed E-state index contributed by atoms with van der Waals surface area (Å²) >= 11 is 0. The molecular weight excluding hydrogens is 1310 g/mol. The molecule has 0 aliphatic carbocycles. The van der Waals surface area contributed by atoms with Gasteiger partial charge in [0.15, 0.2) is 0 Å². The van der Waals surface area contributed by atoms with Gasteiger partial charge in [-0.3, -0.25) is 0 Å². The maximum absolute atomic E-state index is 2.74. The van der Waals surface area contributed by atoms with Crippen LogP contribution in [0.2, 0.25) is 0 Å². The van der Waals surface area contributed by atoms with E-state index in [9.17, 15) is 0 Å². The highest BCUT2D eigenvalue weighted by molar-refractivity contribution is 6.92.